The first kappa shape index (κ1) is 9.88. The number of Topliss-reactive ketones (excluding diaryl/α,β-unsaturated/α-hetero) is 1. The zero-order chi connectivity index (χ0) is 10.6. The maximum atomic E-state index is 11.5. The average molecular weight is 194 g/mol. The van der Waals surface area contributed by atoms with Crippen molar-refractivity contribution >= 4 is 12.1 Å². The van der Waals surface area contributed by atoms with E-state index < -0.39 is 0 Å². The van der Waals surface area contributed by atoms with Crippen LogP contribution in [0.2, 0.25) is 0 Å². The van der Waals surface area contributed by atoms with Gasteiger partial charge in [-0.3, -0.25) is 9.59 Å². The van der Waals surface area contributed by atoms with E-state index in [0.29, 0.717) is 12.2 Å². The fourth-order valence-corrected chi connectivity index (χ4v) is 3.69. The van der Waals surface area contributed by atoms with Crippen LogP contribution in [0.5, 0.6) is 0 Å². The predicted molar refractivity (Wildman–Crippen MR) is 53.8 cm³/mol. The molecule has 14 heavy (non-hydrogen) atoms. The highest BCUT2D eigenvalue weighted by molar-refractivity contribution is 6.26. The highest BCUT2D eigenvalue weighted by Gasteiger charge is 2.61. The minimum absolute atomic E-state index is 0.0150. The molecule has 0 saturated heterocycles. The topological polar surface area (TPSA) is 34.1 Å². The lowest BCUT2D eigenvalue weighted by Gasteiger charge is -2.34. The van der Waals surface area contributed by atoms with Crippen molar-refractivity contribution in [3.05, 3.63) is 0 Å². The molecule has 0 N–H and O–H groups in total. The number of fused-ring (bicyclic) bond motifs is 2. The van der Waals surface area contributed by atoms with Gasteiger partial charge in [0.25, 0.3) is 0 Å². The zero-order valence-corrected chi connectivity index (χ0v) is 9.17. The number of aldehydes is 1. The third kappa shape index (κ3) is 0.971. The van der Waals surface area contributed by atoms with Gasteiger partial charge in [-0.1, -0.05) is 20.8 Å². The second-order valence-corrected chi connectivity index (χ2v) is 5.76. The van der Waals surface area contributed by atoms with Crippen molar-refractivity contribution in [2.75, 3.05) is 0 Å². The van der Waals surface area contributed by atoms with Gasteiger partial charge < -0.3 is 0 Å². The lowest BCUT2D eigenvalue weighted by Crippen LogP contribution is -2.27. The molecular formula is C12H18O2. The summed E-state index contributed by atoms with van der Waals surface area (Å²) in [5, 5.41) is 0. The van der Waals surface area contributed by atoms with Crippen LogP contribution in [0.15, 0.2) is 0 Å². The Labute approximate surface area is 85.1 Å². The summed E-state index contributed by atoms with van der Waals surface area (Å²) in [6, 6.07) is 0. The van der Waals surface area contributed by atoms with Gasteiger partial charge in [-0.15, -0.1) is 0 Å². The number of carbonyl (C=O) groups excluding carboxylic acids is 2. The van der Waals surface area contributed by atoms with E-state index >= 15 is 0 Å². The summed E-state index contributed by atoms with van der Waals surface area (Å²) >= 11 is 0. The van der Waals surface area contributed by atoms with Gasteiger partial charge in [0.1, 0.15) is 0 Å². The average Bonchev–Trinajstić information content (AvgIpc) is 2.47. The Balaban J connectivity index is 2.32. The van der Waals surface area contributed by atoms with Crippen molar-refractivity contribution in [3.8, 4) is 0 Å². The summed E-state index contributed by atoms with van der Waals surface area (Å²) in [4.78, 5) is 22.0. The summed E-state index contributed by atoms with van der Waals surface area (Å²) < 4.78 is 0. The molecule has 2 rings (SSSR count). The summed E-state index contributed by atoms with van der Waals surface area (Å²) in [6.45, 7) is 6.77. The minimum atomic E-state index is -0.175. The molecule has 3 atom stereocenters. The van der Waals surface area contributed by atoms with Gasteiger partial charge in [-0.05, 0) is 36.0 Å². The molecule has 2 nitrogen and oxygen atoms in total. The monoisotopic (exact) mass is 194 g/mol. The molecule has 0 spiro atoms. The summed E-state index contributed by atoms with van der Waals surface area (Å²) in [7, 11) is 0. The second kappa shape index (κ2) is 2.68. The van der Waals surface area contributed by atoms with Gasteiger partial charge in [-0.2, -0.15) is 0 Å². The molecule has 0 amide bonds. The van der Waals surface area contributed by atoms with E-state index in [9.17, 15) is 9.59 Å². The molecule has 0 heterocycles. The molecule has 2 bridgehead atoms. The van der Waals surface area contributed by atoms with Gasteiger partial charge >= 0.3 is 0 Å². The molecule has 2 fully saturated rings. The van der Waals surface area contributed by atoms with Crippen LogP contribution >= 0.6 is 0 Å². The number of hydrogen-bond donors (Lipinski definition) is 0. The number of hydrogen-bond acceptors (Lipinski definition) is 2. The van der Waals surface area contributed by atoms with Crippen LogP contribution < -0.4 is 0 Å². The van der Waals surface area contributed by atoms with Crippen LogP contribution in [0.4, 0.5) is 0 Å². The van der Waals surface area contributed by atoms with Crippen molar-refractivity contribution in [2.45, 2.75) is 40.0 Å². The Hall–Kier alpha value is -0.660. The molecule has 0 radical (unpaired) electrons. The normalized spacial score (nSPS) is 43.9. The van der Waals surface area contributed by atoms with E-state index in [1.165, 1.54) is 6.42 Å². The van der Waals surface area contributed by atoms with Gasteiger partial charge in [0.2, 0.25) is 0 Å². The number of rotatable bonds is 2. The fraction of sp³-hybridized carbons (Fsp3) is 0.833. The van der Waals surface area contributed by atoms with Crippen LogP contribution in [-0.4, -0.2) is 12.1 Å². The number of carbonyl (C=O) groups is 2. The highest BCUT2D eigenvalue weighted by atomic mass is 16.2. The Morgan fingerprint density at radius 1 is 1.36 bits per heavy atom. The van der Waals surface area contributed by atoms with Crippen molar-refractivity contribution in [3.63, 3.8) is 0 Å². The Morgan fingerprint density at radius 2 is 2.00 bits per heavy atom. The Kier molecular flexibility index (Phi) is 1.89. The van der Waals surface area contributed by atoms with Gasteiger partial charge in [0, 0.05) is 5.92 Å². The molecule has 2 heteroatoms. The highest BCUT2D eigenvalue weighted by Crippen LogP contribution is 2.67. The quantitative estimate of drug-likeness (QED) is 0.499. The maximum absolute atomic E-state index is 11.5. The summed E-state index contributed by atoms with van der Waals surface area (Å²) in [6.07, 6.45) is 3.77. The summed E-state index contributed by atoms with van der Waals surface area (Å²) in [5.74, 6) is 0.276. The van der Waals surface area contributed by atoms with Crippen LogP contribution in [0.25, 0.3) is 0 Å². The number of ketones is 1. The van der Waals surface area contributed by atoms with E-state index in [0.717, 1.165) is 12.8 Å². The molecule has 0 aromatic rings. The molecule has 0 aromatic heterocycles. The van der Waals surface area contributed by atoms with Crippen molar-refractivity contribution in [1.82, 2.24) is 0 Å². The van der Waals surface area contributed by atoms with E-state index in [4.69, 9.17) is 0 Å². The molecule has 2 aliphatic carbocycles. The van der Waals surface area contributed by atoms with Crippen LogP contribution in [0, 0.1) is 22.7 Å². The van der Waals surface area contributed by atoms with E-state index in [1.54, 1.807) is 0 Å². The molecule has 3 unspecified atom stereocenters. The second-order valence-electron chi connectivity index (χ2n) is 5.76. The molecule has 2 saturated carbocycles. The molecule has 0 aliphatic heterocycles. The first-order chi connectivity index (χ1) is 6.42. The van der Waals surface area contributed by atoms with E-state index in [2.05, 4.69) is 20.8 Å². The van der Waals surface area contributed by atoms with Gasteiger partial charge in [0.15, 0.2) is 12.1 Å². The zero-order valence-electron chi connectivity index (χ0n) is 9.17. The molecule has 2 aliphatic rings. The van der Waals surface area contributed by atoms with Crippen LogP contribution in [0.3, 0.4) is 0 Å². The van der Waals surface area contributed by atoms with Crippen molar-refractivity contribution in [2.24, 2.45) is 22.7 Å². The molecule has 0 aromatic carbocycles. The largest absolute Gasteiger partial charge is 0.295 e. The lowest BCUT2D eigenvalue weighted by molar-refractivity contribution is -0.134. The Morgan fingerprint density at radius 3 is 2.36 bits per heavy atom. The third-order valence-corrected chi connectivity index (χ3v) is 5.13. The van der Waals surface area contributed by atoms with Crippen molar-refractivity contribution in [1.29, 1.82) is 0 Å². The van der Waals surface area contributed by atoms with Gasteiger partial charge in [0.05, 0.1) is 0 Å². The summed E-state index contributed by atoms with van der Waals surface area (Å²) in [5.41, 5.74) is 0.511. The minimum Gasteiger partial charge on any atom is -0.295 e. The SMILES string of the molecule is CC12CCC(C(C(=O)C=O)C1)C2(C)C. The first-order valence-corrected chi connectivity index (χ1v) is 5.41. The molecule has 78 valence electrons. The Bertz CT molecular complexity index is 290. The predicted octanol–water partition coefficient (Wildman–Crippen LogP) is 2.22. The van der Waals surface area contributed by atoms with E-state index in [1.807, 2.05) is 0 Å². The van der Waals surface area contributed by atoms with Gasteiger partial charge in [-0.25, -0.2) is 0 Å². The maximum Gasteiger partial charge on any atom is 0.198 e. The van der Waals surface area contributed by atoms with Crippen LogP contribution in [0.1, 0.15) is 40.0 Å². The molecular weight excluding hydrogens is 176 g/mol. The standard InChI is InChI=1S/C12H18O2/c1-11(2)9-4-5-12(11,3)6-8(9)10(14)7-13/h7-9H,4-6H2,1-3H3. The lowest BCUT2D eigenvalue weighted by atomic mass is 9.71. The van der Waals surface area contributed by atoms with E-state index in [-0.39, 0.29) is 22.5 Å². The fourth-order valence-electron chi connectivity index (χ4n) is 3.69. The smallest absolute Gasteiger partial charge is 0.198 e. The van der Waals surface area contributed by atoms with Crippen LogP contribution in [-0.2, 0) is 9.59 Å². The van der Waals surface area contributed by atoms with Crippen molar-refractivity contribution < 1.29 is 9.59 Å². The first-order valence-electron chi connectivity index (χ1n) is 5.41. The third-order valence-electron chi connectivity index (χ3n) is 5.13.